The number of benzene rings is 2. The van der Waals surface area contributed by atoms with Gasteiger partial charge in [0.25, 0.3) is 5.56 Å². The highest BCUT2D eigenvalue weighted by Crippen LogP contribution is 2.24. The van der Waals surface area contributed by atoms with Crippen molar-refractivity contribution in [2.45, 2.75) is 17.8 Å². The van der Waals surface area contributed by atoms with E-state index in [0.717, 1.165) is 22.9 Å². The van der Waals surface area contributed by atoms with Gasteiger partial charge in [-0.1, -0.05) is 54.2 Å². The van der Waals surface area contributed by atoms with Gasteiger partial charge in [-0.25, -0.2) is 0 Å². The number of hydrogen-bond acceptors (Lipinski definition) is 4. The van der Waals surface area contributed by atoms with Crippen LogP contribution in [0.25, 0.3) is 5.69 Å². The molecule has 23 heavy (non-hydrogen) atoms. The number of aromatic nitrogens is 2. The lowest BCUT2D eigenvalue weighted by molar-refractivity contribution is 0.440. The van der Waals surface area contributed by atoms with Crippen molar-refractivity contribution in [2.24, 2.45) is 0 Å². The fourth-order valence-corrected chi connectivity index (χ4v) is 3.24. The van der Waals surface area contributed by atoms with E-state index in [2.05, 4.69) is 4.98 Å². The van der Waals surface area contributed by atoms with Gasteiger partial charge in [-0.05, 0) is 30.2 Å². The third-order valence-corrected chi connectivity index (χ3v) is 4.35. The number of hydrogen-bond donors (Lipinski definition) is 1. The molecule has 0 aliphatic rings. The third kappa shape index (κ3) is 3.63. The first-order chi connectivity index (χ1) is 11.1. The van der Waals surface area contributed by atoms with Crippen molar-refractivity contribution >= 4 is 11.8 Å². The van der Waals surface area contributed by atoms with Crippen LogP contribution in [-0.2, 0) is 5.75 Å². The summed E-state index contributed by atoms with van der Waals surface area (Å²) in [7, 11) is 0. The number of aryl methyl sites for hydroxylation is 1. The van der Waals surface area contributed by atoms with Crippen LogP contribution in [0.4, 0.5) is 0 Å². The van der Waals surface area contributed by atoms with Gasteiger partial charge in [0.2, 0.25) is 5.88 Å². The average Bonchev–Trinajstić information content (AvgIpc) is 2.53. The van der Waals surface area contributed by atoms with Crippen LogP contribution in [0.3, 0.4) is 0 Å². The summed E-state index contributed by atoms with van der Waals surface area (Å²) in [5, 5.41) is 10.2. The van der Waals surface area contributed by atoms with E-state index < -0.39 is 0 Å². The smallest absolute Gasteiger partial charge is 0.262 e. The normalized spacial score (nSPS) is 10.7. The van der Waals surface area contributed by atoms with Gasteiger partial charge in [0.05, 0.1) is 11.8 Å². The molecular formula is C18H16N2O2S. The molecule has 0 radical (unpaired) electrons. The Hall–Kier alpha value is -2.53. The summed E-state index contributed by atoms with van der Waals surface area (Å²) in [6.45, 7) is 1.97. The van der Waals surface area contributed by atoms with Gasteiger partial charge in [0.1, 0.15) is 0 Å². The van der Waals surface area contributed by atoms with E-state index in [4.69, 9.17) is 0 Å². The Morgan fingerprint density at radius 3 is 2.61 bits per heavy atom. The van der Waals surface area contributed by atoms with Crippen molar-refractivity contribution in [1.82, 2.24) is 9.55 Å². The zero-order valence-corrected chi connectivity index (χ0v) is 13.5. The Balaban J connectivity index is 2.00. The largest absolute Gasteiger partial charge is 0.493 e. The lowest BCUT2D eigenvalue weighted by Gasteiger charge is -2.12. The molecule has 0 aliphatic carbocycles. The van der Waals surface area contributed by atoms with E-state index in [-0.39, 0.29) is 11.4 Å². The monoisotopic (exact) mass is 324 g/mol. The summed E-state index contributed by atoms with van der Waals surface area (Å²) in [6.07, 6.45) is 0. The molecule has 0 atom stereocenters. The molecule has 5 heteroatoms. The molecule has 1 N–H and O–H groups in total. The van der Waals surface area contributed by atoms with Crippen LogP contribution in [0, 0.1) is 6.92 Å². The van der Waals surface area contributed by atoms with Crippen molar-refractivity contribution in [3.8, 4) is 11.6 Å². The minimum atomic E-state index is -0.293. The SMILES string of the molecule is Cc1cccc(-n2c(SCc3ccccc3)nc(O)cc2=O)c1. The van der Waals surface area contributed by atoms with Crippen LogP contribution in [-0.4, -0.2) is 14.7 Å². The highest BCUT2D eigenvalue weighted by Gasteiger charge is 2.11. The second-order valence-corrected chi connectivity index (χ2v) is 6.13. The van der Waals surface area contributed by atoms with E-state index in [9.17, 15) is 9.90 Å². The maximum Gasteiger partial charge on any atom is 0.262 e. The maximum absolute atomic E-state index is 12.3. The molecule has 1 heterocycles. The Kier molecular flexibility index (Phi) is 4.48. The molecule has 116 valence electrons. The number of aromatic hydroxyl groups is 1. The molecule has 0 fully saturated rings. The van der Waals surface area contributed by atoms with E-state index in [1.165, 1.54) is 16.3 Å². The van der Waals surface area contributed by atoms with Crippen molar-refractivity contribution in [3.05, 3.63) is 82.1 Å². The molecule has 0 saturated carbocycles. The van der Waals surface area contributed by atoms with Gasteiger partial charge in [-0.15, -0.1) is 0 Å². The number of rotatable bonds is 4. The van der Waals surface area contributed by atoms with Crippen LogP contribution in [0.1, 0.15) is 11.1 Å². The second kappa shape index (κ2) is 6.71. The first kappa shape index (κ1) is 15.4. The summed E-state index contributed by atoms with van der Waals surface area (Å²) in [5.74, 6) is 0.414. The molecule has 4 nitrogen and oxygen atoms in total. The van der Waals surface area contributed by atoms with Gasteiger partial charge >= 0.3 is 0 Å². The third-order valence-electron chi connectivity index (χ3n) is 3.35. The van der Waals surface area contributed by atoms with E-state index in [1.807, 2.05) is 61.5 Å². The van der Waals surface area contributed by atoms with Gasteiger partial charge in [-0.2, -0.15) is 4.98 Å². The molecule has 0 bridgehead atoms. The molecule has 3 aromatic rings. The quantitative estimate of drug-likeness (QED) is 0.589. The Morgan fingerprint density at radius 2 is 1.87 bits per heavy atom. The minimum Gasteiger partial charge on any atom is -0.493 e. The summed E-state index contributed by atoms with van der Waals surface area (Å²) >= 11 is 1.42. The molecule has 0 spiro atoms. The lowest BCUT2D eigenvalue weighted by atomic mass is 10.2. The van der Waals surface area contributed by atoms with Crippen LogP contribution < -0.4 is 5.56 Å². The van der Waals surface area contributed by atoms with Gasteiger partial charge < -0.3 is 5.11 Å². The van der Waals surface area contributed by atoms with Gasteiger partial charge in [0, 0.05) is 5.75 Å². The maximum atomic E-state index is 12.3. The topological polar surface area (TPSA) is 55.1 Å². The standard InChI is InChI=1S/C18H16N2O2S/c1-13-6-5-9-15(10-13)20-17(22)11-16(21)19-18(20)23-12-14-7-3-2-4-8-14/h2-11,21H,12H2,1H3. The van der Waals surface area contributed by atoms with E-state index >= 15 is 0 Å². The van der Waals surface area contributed by atoms with Crippen LogP contribution in [0.2, 0.25) is 0 Å². The lowest BCUT2D eigenvalue weighted by Crippen LogP contribution is -2.20. The van der Waals surface area contributed by atoms with E-state index in [0.29, 0.717) is 10.9 Å². The molecular weight excluding hydrogens is 308 g/mol. The molecule has 3 rings (SSSR count). The van der Waals surface area contributed by atoms with Crippen LogP contribution in [0.5, 0.6) is 5.88 Å². The minimum absolute atomic E-state index is 0.255. The summed E-state index contributed by atoms with van der Waals surface area (Å²) in [4.78, 5) is 16.5. The number of thioether (sulfide) groups is 1. The van der Waals surface area contributed by atoms with Crippen molar-refractivity contribution in [3.63, 3.8) is 0 Å². The van der Waals surface area contributed by atoms with Crippen LogP contribution >= 0.6 is 11.8 Å². The predicted octanol–water partition coefficient (Wildman–Crippen LogP) is 3.54. The second-order valence-electron chi connectivity index (χ2n) is 5.18. The molecule has 0 amide bonds. The fraction of sp³-hybridized carbons (Fsp3) is 0.111. The number of nitrogens with zero attached hydrogens (tertiary/aromatic N) is 2. The molecule has 0 unspecified atom stereocenters. The van der Waals surface area contributed by atoms with Crippen LogP contribution in [0.15, 0.2) is 70.6 Å². The van der Waals surface area contributed by atoms with Crippen molar-refractivity contribution in [2.75, 3.05) is 0 Å². The van der Waals surface area contributed by atoms with Gasteiger partial charge in [-0.3, -0.25) is 9.36 Å². The fourth-order valence-electron chi connectivity index (χ4n) is 2.27. The average molecular weight is 324 g/mol. The molecule has 1 aromatic heterocycles. The molecule has 0 saturated heterocycles. The summed E-state index contributed by atoms with van der Waals surface area (Å²) < 4.78 is 1.53. The molecule has 2 aromatic carbocycles. The highest BCUT2D eigenvalue weighted by molar-refractivity contribution is 7.98. The Labute approximate surface area is 138 Å². The highest BCUT2D eigenvalue weighted by atomic mass is 32.2. The summed E-state index contributed by atoms with van der Waals surface area (Å²) in [5.41, 5.74) is 2.64. The van der Waals surface area contributed by atoms with E-state index in [1.54, 1.807) is 0 Å². The Morgan fingerprint density at radius 1 is 1.09 bits per heavy atom. The predicted molar refractivity (Wildman–Crippen MR) is 92.2 cm³/mol. The Bertz CT molecular complexity index is 876. The van der Waals surface area contributed by atoms with Crippen molar-refractivity contribution < 1.29 is 5.11 Å². The first-order valence-corrected chi connectivity index (χ1v) is 8.19. The first-order valence-electron chi connectivity index (χ1n) is 7.20. The summed E-state index contributed by atoms with van der Waals surface area (Å²) in [6, 6.07) is 18.7. The van der Waals surface area contributed by atoms with Gasteiger partial charge in [0.15, 0.2) is 5.16 Å². The zero-order chi connectivity index (χ0) is 16.2. The molecule has 0 aliphatic heterocycles. The van der Waals surface area contributed by atoms with Crippen molar-refractivity contribution in [1.29, 1.82) is 0 Å². The zero-order valence-electron chi connectivity index (χ0n) is 12.6.